The van der Waals surface area contributed by atoms with Gasteiger partial charge in [0.15, 0.2) is 0 Å². The Kier molecular flexibility index (Phi) is 4.52. The van der Waals surface area contributed by atoms with Gasteiger partial charge >= 0.3 is 6.03 Å². The molecule has 4 atom stereocenters. The quantitative estimate of drug-likeness (QED) is 0.793. The third kappa shape index (κ3) is 3.34. The van der Waals surface area contributed by atoms with Gasteiger partial charge in [0, 0.05) is 6.54 Å². The zero-order chi connectivity index (χ0) is 15.7. The van der Waals surface area contributed by atoms with Crippen molar-refractivity contribution in [2.75, 3.05) is 6.54 Å². The van der Waals surface area contributed by atoms with Crippen LogP contribution in [0.3, 0.4) is 0 Å². The number of benzene rings is 1. The van der Waals surface area contributed by atoms with Gasteiger partial charge in [-0.3, -0.25) is 0 Å². The summed E-state index contributed by atoms with van der Waals surface area (Å²) in [5.41, 5.74) is 0.366. The number of aliphatic hydroxyl groups excluding tert-OH is 1. The van der Waals surface area contributed by atoms with Crippen LogP contribution in [0.1, 0.15) is 30.9 Å². The van der Waals surface area contributed by atoms with E-state index in [0.717, 1.165) is 25.3 Å². The van der Waals surface area contributed by atoms with Gasteiger partial charge in [-0.05, 0) is 37.0 Å². The van der Waals surface area contributed by atoms with Crippen molar-refractivity contribution in [2.24, 2.45) is 0 Å². The molecule has 0 radical (unpaired) electrons. The van der Waals surface area contributed by atoms with E-state index in [9.17, 15) is 14.3 Å². The second-order valence-corrected chi connectivity index (χ2v) is 6.17. The van der Waals surface area contributed by atoms with Gasteiger partial charge in [-0.15, -0.1) is 0 Å². The van der Waals surface area contributed by atoms with Gasteiger partial charge in [-0.25, -0.2) is 9.18 Å². The zero-order valence-electron chi connectivity index (χ0n) is 11.9. The van der Waals surface area contributed by atoms with Crippen LogP contribution in [0, 0.1) is 5.82 Å². The highest BCUT2D eigenvalue weighted by molar-refractivity contribution is 6.30. The summed E-state index contributed by atoms with van der Waals surface area (Å²) in [4.78, 5) is 11.8. The van der Waals surface area contributed by atoms with Gasteiger partial charge in [-0.2, -0.15) is 0 Å². The average molecular weight is 329 g/mol. The Morgan fingerprint density at radius 1 is 1.50 bits per heavy atom. The van der Waals surface area contributed by atoms with E-state index in [4.69, 9.17) is 16.3 Å². The molecule has 7 heteroatoms. The van der Waals surface area contributed by atoms with Crippen LogP contribution in [0.5, 0.6) is 0 Å². The van der Waals surface area contributed by atoms with Crippen LogP contribution in [0.2, 0.25) is 5.02 Å². The first-order valence-electron chi connectivity index (χ1n) is 7.36. The third-order valence-electron chi connectivity index (χ3n) is 4.21. The number of urea groups is 1. The van der Waals surface area contributed by atoms with Gasteiger partial charge in [0.2, 0.25) is 0 Å². The summed E-state index contributed by atoms with van der Waals surface area (Å²) in [5.74, 6) is -0.596. The Bertz CT molecular complexity index is 572. The maximum atomic E-state index is 13.3. The first-order valence-corrected chi connectivity index (χ1v) is 7.73. The van der Waals surface area contributed by atoms with Crippen LogP contribution in [0.25, 0.3) is 0 Å². The molecule has 0 spiro atoms. The zero-order valence-corrected chi connectivity index (χ0v) is 12.6. The summed E-state index contributed by atoms with van der Waals surface area (Å²) in [6.45, 7) is -0.00538. The van der Waals surface area contributed by atoms with Crippen LogP contribution in [0.4, 0.5) is 9.18 Å². The SMILES string of the molecule is O=C(NC[C@@H](O)c1ccc(Cl)c(F)c1)N[C@@H]1C[C@H]2CC[C@H]1O2. The van der Waals surface area contributed by atoms with Crippen LogP contribution in [-0.2, 0) is 4.74 Å². The fourth-order valence-corrected chi connectivity index (χ4v) is 3.15. The van der Waals surface area contributed by atoms with Crippen molar-refractivity contribution in [1.82, 2.24) is 10.6 Å². The predicted molar refractivity (Wildman–Crippen MR) is 79.2 cm³/mol. The first kappa shape index (κ1) is 15.5. The molecule has 2 bridgehead atoms. The summed E-state index contributed by atoms with van der Waals surface area (Å²) in [6.07, 6.45) is 2.24. The molecule has 120 valence electrons. The Hall–Kier alpha value is -1.37. The van der Waals surface area contributed by atoms with Crippen molar-refractivity contribution in [2.45, 2.75) is 43.6 Å². The lowest BCUT2D eigenvalue weighted by Crippen LogP contribution is -2.47. The summed E-state index contributed by atoms with van der Waals surface area (Å²) < 4.78 is 19.0. The smallest absolute Gasteiger partial charge is 0.315 e. The van der Waals surface area contributed by atoms with Crippen LogP contribution < -0.4 is 10.6 Å². The molecular formula is C15H18ClFN2O3. The second-order valence-electron chi connectivity index (χ2n) is 5.76. The lowest BCUT2D eigenvalue weighted by Gasteiger charge is -2.21. The molecule has 2 fully saturated rings. The van der Waals surface area contributed by atoms with Crippen molar-refractivity contribution in [3.05, 3.63) is 34.6 Å². The predicted octanol–water partition coefficient (Wildman–Crippen LogP) is 2.13. The molecule has 2 aliphatic heterocycles. The molecule has 2 amide bonds. The monoisotopic (exact) mass is 328 g/mol. The molecule has 1 aromatic carbocycles. The highest BCUT2D eigenvalue weighted by atomic mass is 35.5. The van der Waals surface area contributed by atoms with Crippen LogP contribution in [-0.4, -0.2) is 35.9 Å². The van der Waals surface area contributed by atoms with E-state index in [1.54, 1.807) is 0 Å². The molecule has 5 nitrogen and oxygen atoms in total. The lowest BCUT2D eigenvalue weighted by molar-refractivity contribution is 0.0979. The number of ether oxygens (including phenoxy) is 1. The topological polar surface area (TPSA) is 70.6 Å². The van der Waals surface area contributed by atoms with Gasteiger partial charge in [0.25, 0.3) is 0 Å². The van der Waals surface area contributed by atoms with E-state index in [2.05, 4.69) is 10.6 Å². The molecule has 0 saturated carbocycles. The minimum Gasteiger partial charge on any atom is -0.387 e. The van der Waals surface area contributed by atoms with E-state index in [1.165, 1.54) is 12.1 Å². The lowest BCUT2D eigenvalue weighted by atomic mass is 9.96. The molecule has 0 unspecified atom stereocenters. The van der Waals surface area contributed by atoms with Crippen molar-refractivity contribution < 1.29 is 19.0 Å². The number of hydrogen-bond donors (Lipinski definition) is 3. The van der Waals surface area contributed by atoms with Gasteiger partial charge in [0.05, 0.1) is 29.4 Å². The Morgan fingerprint density at radius 2 is 2.32 bits per heavy atom. The van der Waals surface area contributed by atoms with Gasteiger partial charge in [-0.1, -0.05) is 17.7 Å². The molecule has 0 aromatic heterocycles. The van der Waals surface area contributed by atoms with Crippen molar-refractivity contribution in [3.8, 4) is 0 Å². The number of carbonyl (C=O) groups excluding carboxylic acids is 1. The van der Waals surface area contributed by atoms with Crippen molar-refractivity contribution in [3.63, 3.8) is 0 Å². The molecule has 3 rings (SSSR count). The molecule has 2 heterocycles. The fraction of sp³-hybridized carbons (Fsp3) is 0.533. The average Bonchev–Trinajstić information content (AvgIpc) is 3.10. The van der Waals surface area contributed by atoms with Gasteiger partial charge < -0.3 is 20.5 Å². The number of carbonyl (C=O) groups is 1. The van der Waals surface area contributed by atoms with Crippen molar-refractivity contribution in [1.29, 1.82) is 0 Å². The number of fused-ring (bicyclic) bond motifs is 2. The maximum absolute atomic E-state index is 13.3. The minimum atomic E-state index is -0.992. The minimum absolute atomic E-state index is 0.00191. The number of aliphatic hydroxyl groups is 1. The Labute approximate surface area is 132 Å². The standard InChI is InChI=1S/C15H18ClFN2O3/c16-10-3-1-8(5-11(10)17)13(20)7-18-15(21)19-12-6-9-2-4-14(12)22-9/h1,3,5,9,12-14,20H,2,4,6-7H2,(H2,18,19,21)/t9-,12-,13-,14-/m1/s1. The number of nitrogens with one attached hydrogen (secondary N) is 2. The van der Waals surface area contributed by atoms with E-state index < -0.39 is 11.9 Å². The van der Waals surface area contributed by atoms with E-state index >= 15 is 0 Å². The first-order chi connectivity index (χ1) is 10.5. The second kappa shape index (κ2) is 6.40. The van der Waals surface area contributed by atoms with Crippen LogP contribution >= 0.6 is 11.6 Å². The number of rotatable bonds is 4. The van der Waals surface area contributed by atoms with Crippen LogP contribution in [0.15, 0.2) is 18.2 Å². The maximum Gasteiger partial charge on any atom is 0.315 e. The molecule has 2 saturated heterocycles. The number of hydrogen-bond acceptors (Lipinski definition) is 3. The number of halogens is 2. The van der Waals surface area contributed by atoms with Gasteiger partial charge in [0.1, 0.15) is 5.82 Å². The summed E-state index contributed by atoms with van der Waals surface area (Å²) >= 11 is 5.59. The van der Waals surface area contributed by atoms with E-state index in [1.807, 2.05) is 0 Å². The van der Waals surface area contributed by atoms with E-state index in [0.29, 0.717) is 5.56 Å². The fourth-order valence-electron chi connectivity index (χ4n) is 3.04. The highest BCUT2D eigenvalue weighted by Gasteiger charge is 2.41. The molecular weight excluding hydrogens is 311 g/mol. The molecule has 0 aliphatic carbocycles. The number of amides is 2. The molecule has 2 aliphatic rings. The molecule has 3 N–H and O–H groups in total. The van der Waals surface area contributed by atoms with Crippen molar-refractivity contribution >= 4 is 17.6 Å². The summed E-state index contributed by atoms with van der Waals surface area (Å²) in [7, 11) is 0. The Morgan fingerprint density at radius 3 is 2.95 bits per heavy atom. The molecule has 22 heavy (non-hydrogen) atoms. The normalized spacial score (nSPS) is 27.7. The van der Waals surface area contributed by atoms with E-state index in [-0.39, 0.29) is 35.8 Å². The third-order valence-corrected chi connectivity index (χ3v) is 4.51. The highest BCUT2D eigenvalue weighted by Crippen LogP contribution is 2.34. The summed E-state index contributed by atoms with van der Waals surface area (Å²) in [6, 6.07) is 3.75. The summed E-state index contributed by atoms with van der Waals surface area (Å²) in [5, 5.41) is 15.4. The Balaban J connectivity index is 1.47. The largest absolute Gasteiger partial charge is 0.387 e. The molecule has 1 aromatic rings.